The number of hydrogen-bond acceptors (Lipinski definition) is 4. The number of rotatable bonds is 6. The summed E-state index contributed by atoms with van der Waals surface area (Å²) >= 11 is 0. The van der Waals surface area contributed by atoms with Gasteiger partial charge in [-0.1, -0.05) is 97.1 Å². The van der Waals surface area contributed by atoms with Crippen molar-refractivity contribution in [2.24, 2.45) is 0 Å². The average Bonchev–Trinajstić information content (AvgIpc) is 3.93. The van der Waals surface area contributed by atoms with Crippen molar-refractivity contribution in [1.29, 1.82) is 0 Å². The van der Waals surface area contributed by atoms with Crippen molar-refractivity contribution in [3.05, 3.63) is 188 Å². The molecule has 11 aromatic rings. The summed E-state index contributed by atoms with van der Waals surface area (Å²) in [5, 5.41) is 4.38. The number of para-hydroxylation sites is 4. The van der Waals surface area contributed by atoms with Crippen LogP contribution in [0.1, 0.15) is 0 Å². The molecule has 8 aromatic carbocycles. The number of aromatic nitrogens is 2. The van der Waals surface area contributed by atoms with Gasteiger partial charge in [-0.3, -0.25) is 0 Å². The van der Waals surface area contributed by atoms with E-state index in [4.69, 9.17) is 13.8 Å². The monoisotopic (exact) mass is 693 g/mol. The Morgan fingerprint density at radius 2 is 1.09 bits per heavy atom. The molecule has 5 nitrogen and oxygen atoms in total. The Hall–Kier alpha value is -7.37. The van der Waals surface area contributed by atoms with E-state index in [1.54, 1.807) is 0 Å². The summed E-state index contributed by atoms with van der Waals surface area (Å²) in [5.74, 6) is 0.600. The molecule has 0 spiro atoms. The normalized spacial score (nSPS) is 11.7. The van der Waals surface area contributed by atoms with E-state index in [9.17, 15) is 0 Å². The van der Waals surface area contributed by atoms with Gasteiger partial charge >= 0.3 is 0 Å². The molecule has 254 valence electrons. The Labute approximate surface area is 310 Å². The second kappa shape index (κ2) is 12.1. The zero-order valence-corrected chi connectivity index (χ0v) is 29.1. The second-order valence-electron chi connectivity index (χ2n) is 13.6. The van der Waals surface area contributed by atoms with Crippen LogP contribution in [0.25, 0.3) is 83.1 Å². The molecule has 0 aliphatic heterocycles. The van der Waals surface area contributed by atoms with Gasteiger partial charge in [-0.05, 0) is 96.1 Å². The summed E-state index contributed by atoms with van der Waals surface area (Å²) in [6.45, 7) is 0. The average molecular weight is 694 g/mol. The number of hydrogen-bond donors (Lipinski definition) is 0. The van der Waals surface area contributed by atoms with Crippen LogP contribution in [0.5, 0.6) is 0 Å². The van der Waals surface area contributed by atoms with Gasteiger partial charge in [0.05, 0.1) is 11.0 Å². The van der Waals surface area contributed by atoms with Gasteiger partial charge in [-0.2, -0.15) is 0 Å². The molecule has 3 aromatic heterocycles. The third-order valence-corrected chi connectivity index (χ3v) is 10.4. The van der Waals surface area contributed by atoms with Crippen LogP contribution < -0.4 is 4.90 Å². The molecule has 0 unspecified atom stereocenters. The Kier molecular flexibility index (Phi) is 6.79. The SMILES string of the molecule is c1ccc(-c2ccc(N(c3ccc4c(c3)oc3ccccc34)c3ccc4c(c3)c3c(-c5nc6ccccc6o5)cccc3n4-c3ccccc3)cc2)cc1. The molecule has 0 N–H and O–H groups in total. The smallest absolute Gasteiger partial charge is 0.228 e. The lowest BCUT2D eigenvalue weighted by molar-refractivity contribution is 0.620. The van der Waals surface area contributed by atoms with Crippen LogP contribution in [0.4, 0.5) is 17.1 Å². The highest BCUT2D eigenvalue weighted by molar-refractivity contribution is 6.16. The highest BCUT2D eigenvalue weighted by Crippen LogP contribution is 2.44. The van der Waals surface area contributed by atoms with Crippen LogP contribution in [0, 0.1) is 0 Å². The molecule has 0 aliphatic rings. The lowest BCUT2D eigenvalue weighted by Gasteiger charge is -2.26. The zero-order valence-electron chi connectivity index (χ0n) is 29.1. The van der Waals surface area contributed by atoms with Crippen molar-refractivity contribution >= 4 is 71.9 Å². The van der Waals surface area contributed by atoms with Crippen molar-refractivity contribution < 1.29 is 8.83 Å². The molecule has 0 amide bonds. The highest BCUT2D eigenvalue weighted by Gasteiger charge is 2.22. The molecule has 54 heavy (non-hydrogen) atoms. The minimum Gasteiger partial charge on any atom is -0.456 e. The largest absolute Gasteiger partial charge is 0.456 e. The van der Waals surface area contributed by atoms with E-state index in [0.717, 1.165) is 88.7 Å². The van der Waals surface area contributed by atoms with Gasteiger partial charge in [-0.25, -0.2) is 4.98 Å². The van der Waals surface area contributed by atoms with Crippen molar-refractivity contribution in [2.75, 3.05) is 4.90 Å². The van der Waals surface area contributed by atoms with E-state index >= 15 is 0 Å². The molecule has 0 bridgehead atoms. The van der Waals surface area contributed by atoms with Crippen LogP contribution in [0.2, 0.25) is 0 Å². The maximum absolute atomic E-state index is 6.41. The Bertz CT molecular complexity index is 3120. The minimum atomic E-state index is 0.600. The fourth-order valence-electron chi connectivity index (χ4n) is 7.95. The molecule has 0 aliphatic carbocycles. The number of oxazole rings is 1. The summed E-state index contributed by atoms with van der Waals surface area (Å²) in [4.78, 5) is 7.27. The van der Waals surface area contributed by atoms with Crippen molar-refractivity contribution in [2.45, 2.75) is 0 Å². The lowest BCUT2D eigenvalue weighted by atomic mass is 10.0. The third kappa shape index (κ3) is 4.83. The van der Waals surface area contributed by atoms with E-state index < -0.39 is 0 Å². The predicted molar refractivity (Wildman–Crippen MR) is 221 cm³/mol. The third-order valence-electron chi connectivity index (χ3n) is 10.4. The molecule has 5 heteroatoms. The quantitative estimate of drug-likeness (QED) is 0.174. The second-order valence-corrected chi connectivity index (χ2v) is 13.6. The van der Waals surface area contributed by atoms with Crippen LogP contribution >= 0.6 is 0 Å². The highest BCUT2D eigenvalue weighted by atomic mass is 16.3. The first-order chi connectivity index (χ1) is 26.8. The molecular weight excluding hydrogens is 663 g/mol. The van der Waals surface area contributed by atoms with Crippen molar-refractivity contribution in [3.63, 3.8) is 0 Å². The van der Waals surface area contributed by atoms with E-state index in [2.05, 4.69) is 161 Å². The van der Waals surface area contributed by atoms with Gasteiger partial charge in [0.2, 0.25) is 5.89 Å². The first-order valence-electron chi connectivity index (χ1n) is 18.1. The van der Waals surface area contributed by atoms with Gasteiger partial charge in [0.1, 0.15) is 16.7 Å². The van der Waals surface area contributed by atoms with E-state index in [1.807, 2.05) is 36.4 Å². The van der Waals surface area contributed by atoms with Crippen LogP contribution in [-0.2, 0) is 0 Å². The topological polar surface area (TPSA) is 47.3 Å². The van der Waals surface area contributed by atoms with Gasteiger partial charge < -0.3 is 18.3 Å². The van der Waals surface area contributed by atoms with E-state index in [0.29, 0.717) is 5.89 Å². The molecule has 3 heterocycles. The zero-order chi connectivity index (χ0) is 35.6. The molecule has 0 atom stereocenters. The number of fused-ring (bicyclic) bond motifs is 7. The van der Waals surface area contributed by atoms with Crippen LogP contribution in [-0.4, -0.2) is 9.55 Å². The maximum atomic E-state index is 6.41. The standard InChI is InChI=1S/C49H31N3O2/c1-3-12-32(13-4-1)33-22-24-35(25-23-33)51(37-26-28-39-38-16-7-9-20-45(38)53-47(39)31-37)36-27-29-43-41(30-36)48-40(49-50-42-18-8-10-21-46(42)54-49)17-11-19-44(48)52(43)34-14-5-2-6-15-34/h1-31H. The summed E-state index contributed by atoms with van der Waals surface area (Å²) in [7, 11) is 0. The molecule has 0 saturated heterocycles. The van der Waals surface area contributed by atoms with Crippen molar-refractivity contribution in [1.82, 2.24) is 9.55 Å². The van der Waals surface area contributed by atoms with Crippen molar-refractivity contribution in [3.8, 4) is 28.3 Å². The number of anilines is 3. The first-order valence-corrected chi connectivity index (χ1v) is 18.1. The summed E-state index contributed by atoms with van der Waals surface area (Å²) in [6, 6.07) is 65.6. The molecular formula is C49H31N3O2. The number of benzene rings is 8. The minimum absolute atomic E-state index is 0.600. The van der Waals surface area contributed by atoms with E-state index in [-0.39, 0.29) is 0 Å². The van der Waals surface area contributed by atoms with Gasteiger partial charge in [0.25, 0.3) is 0 Å². The van der Waals surface area contributed by atoms with E-state index in [1.165, 1.54) is 5.56 Å². The lowest BCUT2D eigenvalue weighted by Crippen LogP contribution is -2.09. The Morgan fingerprint density at radius 3 is 1.93 bits per heavy atom. The number of furan rings is 1. The predicted octanol–water partition coefficient (Wildman–Crippen LogP) is 13.6. The summed E-state index contributed by atoms with van der Waals surface area (Å²) in [6.07, 6.45) is 0. The fraction of sp³-hybridized carbons (Fsp3) is 0. The first kappa shape index (κ1) is 30.3. The summed E-state index contributed by atoms with van der Waals surface area (Å²) in [5.41, 5.74) is 12.9. The molecule has 0 radical (unpaired) electrons. The molecule has 11 rings (SSSR count). The van der Waals surface area contributed by atoms with Gasteiger partial charge in [0.15, 0.2) is 5.58 Å². The number of nitrogens with zero attached hydrogens (tertiary/aromatic N) is 3. The summed E-state index contributed by atoms with van der Waals surface area (Å²) < 4.78 is 15.2. The van der Waals surface area contributed by atoms with Crippen LogP contribution in [0.3, 0.4) is 0 Å². The van der Waals surface area contributed by atoms with Gasteiger partial charge in [0, 0.05) is 55.9 Å². The maximum Gasteiger partial charge on any atom is 0.228 e. The van der Waals surface area contributed by atoms with Crippen LogP contribution in [0.15, 0.2) is 197 Å². The Morgan fingerprint density at radius 1 is 0.426 bits per heavy atom. The van der Waals surface area contributed by atoms with Gasteiger partial charge in [-0.15, -0.1) is 0 Å². The Balaban J connectivity index is 1.16. The molecule has 0 saturated carbocycles. The fourth-order valence-corrected chi connectivity index (χ4v) is 7.95. The molecule has 0 fully saturated rings.